The molecule has 5 rings (SSSR count). The van der Waals surface area contributed by atoms with E-state index in [1.54, 1.807) is 19.2 Å². The van der Waals surface area contributed by atoms with Crippen molar-refractivity contribution in [1.29, 1.82) is 0 Å². The van der Waals surface area contributed by atoms with E-state index in [0.29, 0.717) is 34.7 Å². The number of carbonyl (C=O) groups excluding carboxylic acids is 2. The number of nitrogens with one attached hydrogen (secondary N) is 1. The maximum absolute atomic E-state index is 13.8. The molecule has 0 spiro atoms. The Hall–Kier alpha value is -3.04. The maximum atomic E-state index is 13.8. The summed E-state index contributed by atoms with van der Waals surface area (Å²) >= 11 is 2.36. The number of H-pyrrole nitrogens is 1. The minimum absolute atomic E-state index is 0.202. The van der Waals surface area contributed by atoms with Gasteiger partial charge in [0.05, 0.1) is 30.3 Å². The summed E-state index contributed by atoms with van der Waals surface area (Å²) in [5.41, 5.74) is 2.41. The van der Waals surface area contributed by atoms with E-state index in [-0.39, 0.29) is 16.7 Å². The number of aromatic nitrogens is 1. The van der Waals surface area contributed by atoms with Crippen LogP contribution in [0.15, 0.2) is 52.3 Å². The van der Waals surface area contributed by atoms with Crippen molar-refractivity contribution in [3.63, 3.8) is 0 Å². The van der Waals surface area contributed by atoms with Crippen LogP contribution < -0.4 is 19.2 Å². The molecule has 9 heteroatoms. The van der Waals surface area contributed by atoms with Crippen LogP contribution in [0, 0.1) is 18.8 Å². The van der Waals surface area contributed by atoms with E-state index in [1.165, 1.54) is 16.7 Å². The third-order valence-corrected chi connectivity index (χ3v) is 8.64. The number of benzene rings is 2. The zero-order valence-electron chi connectivity index (χ0n) is 19.9. The van der Waals surface area contributed by atoms with Gasteiger partial charge in [-0.15, -0.1) is 0 Å². The molecule has 2 aliphatic rings. The molecular weight excluding hydrogens is 484 g/mol. The summed E-state index contributed by atoms with van der Waals surface area (Å²) in [4.78, 5) is 44.3. The molecule has 0 radical (unpaired) electrons. The molecule has 1 saturated heterocycles. The molecule has 3 atom stereocenters. The van der Waals surface area contributed by atoms with Gasteiger partial charge in [0, 0.05) is 10.8 Å². The molecule has 35 heavy (non-hydrogen) atoms. The molecule has 0 aliphatic carbocycles. The monoisotopic (exact) mass is 510 g/mol. The molecule has 0 saturated carbocycles. The van der Waals surface area contributed by atoms with Gasteiger partial charge in [-0.3, -0.25) is 14.4 Å². The second-order valence-electron chi connectivity index (χ2n) is 9.21. The van der Waals surface area contributed by atoms with E-state index < -0.39 is 17.1 Å². The number of thioether (sulfide) groups is 1. The van der Waals surface area contributed by atoms with Crippen LogP contribution in [0.1, 0.15) is 35.8 Å². The van der Waals surface area contributed by atoms with Gasteiger partial charge in [0.15, 0.2) is 11.5 Å². The number of methoxy groups -OCH3 is 1. The zero-order valence-corrected chi connectivity index (χ0v) is 21.5. The van der Waals surface area contributed by atoms with Gasteiger partial charge in [0.2, 0.25) is 11.8 Å². The highest BCUT2D eigenvalue weighted by Gasteiger charge is 2.56. The van der Waals surface area contributed by atoms with Gasteiger partial charge >= 0.3 is 4.87 Å². The van der Waals surface area contributed by atoms with Crippen molar-refractivity contribution >= 4 is 40.6 Å². The third-order valence-electron chi connectivity index (χ3n) is 6.24. The normalized spacial score (nSPS) is 21.3. The highest BCUT2D eigenvalue weighted by Crippen LogP contribution is 2.53. The van der Waals surface area contributed by atoms with Crippen molar-refractivity contribution in [3.05, 3.63) is 68.1 Å². The van der Waals surface area contributed by atoms with Crippen LogP contribution in [0.3, 0.4) is 0 Å². The molecule has 2 aliphatic heterocycles. The van der Waals surface area contributed by atoms with Gasteiger partial charge in [-0.05, 0) is 42.7 Å². The van der Waals surface area contributed by atoms with Crippen molar-refractivity contribution in [1.82, 2.24) is 4.98 Å². The van der Waals surface area contributed by atoms with Gasteiger partial charge in [0.1, 0.15) is 5.25 Å². The second kappa shape index (κ2) is 9.20. The number of ether oxygens (including phenoxy) is 2. The molecule has 3 unspecified atom stereocenters. The first-order valence-electron chi connectivity index (χ1n) is 11.4. The fraction of sp³-hybridized carbons (Fsp3) is 0.346. The Labute approximate surface area is 211 Å². The maximum Gasteiger partial charge on any atom is 0.305 e. The van der Waals surface area contributed by atoms with Crippen molar-refractivity contribution in [2.75, 3.05) is 18.6 Å². The Morgan fingerprint density at radius 2 is 1.77 bits per heavy atom. The van der Waals surface area contributed by atoms with Crippen molar-refractivity contribution in [2.45, 2.75) is 37.0 Å². The topological polar surface area (TPSA) is 88.7 Å². The lowest BCUT2D eigenvalue weighted by Crippen LogP contribution is -2.32. The molecular formula is C26H26N2O5S2. The second-order valence-corrected chi connectivity index (χ2v) is 11.4. The average Bonchev–Trinajstić information content (AvgIpc) is 3.32. The number of rotatable bonds is 6. The number of aromatic amines is 1. The van der Waals surface area contributed by atoms with Crippen LogP contribution in [-0.4, -0.2) is 35.8 Å². The summed E-state index contributed by atoms with van der Waals surface area (Å²) < 4.78 is 11.5. The molecule has 7 nitrogen and oxygen atoms in total. The Bertz CT molecular complexity index is 1340. The van der Waals surface area contributed by atoms with Gasteiger partial charge in [0.25, 0.3) is 0 Å². The van der Waals surface area contributed by atoms with E-state index >= 15 is 0 Å². The predicted molar refractivity (Wildman–Crippen MR) is 137 cm³/mol. The SMILES string of the molecule is COc1cc(C2c3sc(=O)[nH]c3SC3C(=O)N(c4ccc(C)cc4)C(=O)C32)ccc1OCC(C)C. The van der Waals surface area contributed by atoms with Gasteiger partial charge in [-0.25, -0.2) is 4.90 Å². The van der Waals surface area contributed by atoms with Gasteiger partial charge in [-0.1, -0.05) is 60.7 Å². The van der Waals surface area contributed by atoms with Gasteiger partial charge < -0.3 is 14.5 Å². The van der Waals surface area contributed by atoms with Crippen molar-refractivity contribution in [3.8, 4) is 11.5 Å². The standard InChI is InChI=1S/C26H26N2O5S2/c1-13(2)12-33-17-10-7-15(11-18(17)32-4)19-20-22(34-23-21(19)35-26(31)27-23)25(30)28(24(20)29)16-8-5-14(3)6-9-16/h5-11,13,19-20,22H,12H2,1-4H3,(H,27,31). The third kappa shape index (κ3) is 4.16. The van der Waals surface area contributed by atoms with Crippen LogP contribution in [0.4, 0.5) is 5.69 Å². The highest BCUT2D eigenvalue weighted by molar-refractivity contribution is 8.00. The van der Waals surface area contributed by atoms with E-state index in [0.717, 1.165) is 27.3 Å². The number of anilines is 1. The first kappa shape index (κ1) is 23.7. The number of imide groups is 1. The first-order valence-corrected chi connectivity index (χ1v) is 13.1. The van der Waals surface area contributed by atoms with Crippen LogP contribution >= 0.6 is 23.1 Å². The Kier molecular flexibility index (Phi) is 6.23. The quantitative estimate of drug-likeness (QED) is 0.488. The van der Waals surface area contributed by atoms with Crippen LogP contribution in [0.25, 0.3) is 0 Å². The van der Waals surface area contributed by atoms with E-state index in [2.05, 4.69) is 18.8 Å². The Balaban J connectivity index is 1.59. The fourth-order valence-corrected chi connectivity index (χ4v) is 7.09. The molecule has 1 fully saturated rings. The lowest BCUT2D eigenvalue weighted by atomic mass is 9.83. The lowest BCUT2D eigenvalue weighted by molar-refractivity contribution is -0.122. The summed E-state index contributed by atoms with van der Waals surface area (Å²) in [5.74, 6) is -0.101. The Morgan fingerprint density at radius 3 is 2.46 bits per heavy atom. The number of hydrogen-bond donors (Lipinski definition) is 1. The molecule has 1 aromatic heterocycles. The van der Waals surface area contributed by atoms with Crippen molar-refractivity contribution in [2.24, 2.45) is 11.8 Å². The number of nitrogens with zero attached hydrogens (tertiary/aromatic N) is 1. The predicted octanol–water partition coefficient (Wildman–Crippen LogP) is 4.58. The number of aryl methyl sites for hydroxylation is 1. The molecule has 0 bridgehead atoms. The first-order chi connectivity index (χ1) is 16.8. The number of carbonyl (C=O) groups is 2. The largest absolute Gasteiger partial charge is 0.493 e. The molecule has 2 aromatic carbocycles. The summed E-state index contributed by atoms with van der Waals surface area (Å²) in [6.07, 6.45) is 0. The summed E-state index contributed by atoms with van der Waals surface area (Å²) in [7, 11) is 1.57. The lowest BCUT2D eigenvalue weighted by Gasteiger charge is -2.30. The zero-order chi connectivity index (χ0) is 24.9. The summed E-state index contributed by atoms with van der Waals surface area (Å²) in [6.45, 7) is 6.64. The van der Waals surface area contributed by atoms with E-state index in [9.17, 15) is 14.4 Å². The molecule has 1 N–H and O–H groups in total. The smallest absolute Gasteiger partial charge is 0.305 e. The average molecular weight is 511 g/mol. The molecule has 182 valence electrons. The van der Waals surface area contributed by atoms with Crippen molar-refractivity contribution < 1.29 is 19.1 Å². The van der Waals surface area contributed by atoms with E-state index in [1.807, 2.05) is 37.3 Å². The highest BCUT2D eigenvalue weighted by atomic mass is 32.2. The number of thiazole rings is 1. The van der Waals surface area contributed by atoms with Crippen LogP contribution in [0.5, 0.6) is 11.5 Å². The summed E-state index contributed by atoms with van der Waals surface area (Å²) in [6, 6.07) is 13.0. The number of fused-ring (bicyclic) bond motifs is 2. The van der Waals surface area contributed by atoms with Crippen LogP contribution in [-0.2, 0) is 9.59 Å². The molecule has 2 amide bonds. The number of hydrogen-bond acceptors (Lipinski definition) is 7. The molecule has 3 heterocycles. The fourth-order valence-electron chi connectivity index (χ4n) is 4.58. The Morgan fingerprint density at radius 1 is 1.03 bits per heavy atom. The summed E-state index contributed by atoms with van der Waals surface area (Å²) in [5, 5.41) is 0.0201. The molecule has 3 aromatic rings. The van der Waals surface area contributed by atoms with Gasteiger partial charge in [-0.2, -0.15) is 0 Å². The van der Waals surface area contributed by atoms with E-state index in [4.69, 9.17) is 9.47 Å². The number of amides is 2. The van der Waals surface area contributed by atoms with Crippen LogP contribution in [0.2, 0.25) is 0 Å². The minimum Gasteiger partial charge on any atom is -0.493 e. The minimum atomic E-state index is -0.639.